The van der Waals surface area contributed by atoms with Crippen LogP contribution >= 0.6 is 11.6 Å². The summed E-state index contributed by atoms with van der Waals surface area (Å²) >= 11 is 6.10. The van der Waals surface area contributed by atoms with Crippen LogP contribution in [-0.2, 0) is 6.54 Å². The summed E-state index contributed by atoms with van der Waals surface area (Å²) in [6.07, 6.45) is 5.34. The smallest absolute Gasteiger partial charge is 0.286 e. The summed E-state index contributed by atoms with van der Waals surface area (Å²) in [6, 6.07) is 13.8. The number of piperidine rings is 1. The van der Waals surface area contributed by atoms with Crippen LogP contribution < -0.4 is 10.7 Å². The largest absolute Gasteiger partial charge is 0.308 e. The van der Waals surface area contributed by atoms with E-state index in [0.717, 1.165) is 54.0 Å². The molecule has 0 spiro atoms. The maximum absolute atomic E-state index is 13.4. The Morgan fingerprint density at radius 3 is 2.48 bits per heavy atom. The van der Waals surface area contributed by atoms with Crippen molar-refractivity contribution in [3.8, 4) is 5.69 Å². The topological polar surface area (TPSA) is 62.2 Å². The van der Waals surface area contributed by atoms with Crippen LogP contribution in [0.3, 0.4) is 0 Å². The highest BCUT2D eigenvalue weighted by Crippen LogP contribution is 2.31. The van der Waals surface area contributed by atoms with Crippen LogP contribution in [0.4, 0.5) is 4.39 Å². The second-order valence-electron chi connectivity index (χ2n) is 8.38. The van der Waals surface area contributed by atoms with Crippen molar-refractivity contribution in [2.75, 3.05) is 19.6 Å². The Kier molecular flexibility index (Phi) is 6.26. The number of hydrogen-bond donors (Lipinski definition) is 2. The number of halogens is 2. The number of nitrogens with zero attached hydrogens (tertiary/aromatic N) is 3. The van der Waals surface area contributed by atoms with Crippen LogP contribution in [0.25, 0.3) is 17.3 Å². The number of nitrogens with one attached hydrogen (secondary N) is 2. The van der Waals surface area contributed by atoms with Crippen LogP contribution in [0.15, 0.2) is 48.5 Å². The molecule has 3 aromatic rings. The van der Waals surface area contributed by atoms with Gasteiger partial charge in [0.1, 0.15) is 5.82 Å². The van der Waals surface area contributed by atoms with Gasteiger partial charge < -0.3 is 5.32 Å². The number of benzene rings is 2. The lowest BCUT2D eigenvalue weighted by Gasteiger charge is -2.26. The molecule has 1 saturated heterocycles. The lowest BCUT2D eigenvalue weighted by Crippen LogP contribution is -2.45. The molecule has 6 nitrogen and oxygen atoms in total. The fraction of sp³-hybridized carbons (Fsp3) is 0.280. The molecule has 0 saturated carbocycles. The Balaban J connectivity index is 1.58. The van der Waals surface area contributed by atoms with Gasteiger partial charge in [-0.3, -0.25) is 10.2 Å². The molecule has 2 aromatic carbocycles. The van der Waals surface area contributed by atoms with Crippen LogP contribution in [0.2, 0.25) is 5.02 Å². The molecule has 1 fully saturated rings. The summed E-state index contributed by atoms with van der Waals surface area (Å²) in [4.78, 5) is 13.2. The molecule has 3 heterocycles. The minimum Gasteiger partial charge on any atom is -0.308 e. The molecule has 33 heavy (non-hydrogen) atoms. The number of fused-ring (bicyclic) bond motifs is 1. The fourth-order valence-electron chi connectivity index (χ4n) is 4.39. The monoisotopic (exact) mass is 465 g/mol. The van der Waals surface area contributed by atoms with Crippen molar-refractivity contribution >= 4 is 29.2 Å². The molecule has 0 radical (unpaired) electrons. The summed E-state index contributed by atoms with van der Waals surface area (Å²) < 4.78 is 15.2. The molecular weight excluding hydrogens is 441 g/mol. The number of hydrazine groups is 1. The highest BCUT2D eigenvalue weighted by molar-refractivity contribution is 6.30. The minimum atomic E-state index is -0.275. The minimum absolute atomic E-state index is 0.203. The molecule has 2 aliphatic rings. The van der Waals surface area contributed by atoms with Crippen LogP contribution in [-0.4, -0.2) is 40.3 Å². The number of carbonyl (C=O) groups is 1. The zero-order valence-electron chi connectivity index (χ0n) is 18.2. The van der Waals surface area contributed by atoms with Crippen molar-refractivity contribution in [2.24, 2.45) is 0 Å². The first kappa shape index (κ1) is 21.8. The molecule has 0 bridgehead atoms. The van der Waals surface area contributed by atoms with E-state index < -0.39 is 0 Å². The van der Waals surface area contributed by atoms with Gasteiger partial charge in [0.25, 0.3) is 5.91 Å². The third-order valence-electron chi connectivity index (χ3n) is 6.02. The van der Waals surface area contributed by atoms with Gasteiger partial charge in [-0.25, -0.2) is 14.1 Å². The third-order valence-corrected chi connectivity index (χ3v) is 6.27. The Morgan fingerprint density at radius 1 is 1.03 bits per heavy atom. The molecular formula is C25H25ClFN5O. The van der Waals surface area contributed by atoms with Crippen LogP contribution in [0.1, 0.15) is 46.6 Å². The van der Waals surface area contributed by atoms with Crippen molar-refractivity contribution in [1.82, 2.24) is 25.5 Å². The van der Waals surface area contributed by atoms with Crippen molar-refractivity contribution < 1.29 is 9.18 Å². The van der Waals surface area contributed by atoms with Crippen molar-refractivity contribution in [1.29, 1.82) is 0 Å². The van der Waals surface area contributed by atoms with Crippen LogP contribution in [0, 0.1) is 5.82 Å². The molecule has 0 atom stereocenters. The van der Waals surface area contributed by atoms with E-state index in [2.05, 4.69) is 10.7 Å². The number of amides is 1. The predicted molar refractivity (Wildman–Crippen MR) is 127 cm³/mol. The van der Waals surface area contributed by atoms with Crippen molar-refractivity contribution in [3.05, 3.63) is 81.9 Å². The van der Waals surface area contributed by atoms with Gasteiger partial charge in [-0.05, 0) is 66.5 Å². The van der Waals surface area contributed by atoms with Crippen molar-refractivity contribution in [3.63, 3.8) is 0 Å². The van der Waals surface area contributed by atoms with E-state index in [1.165, 1.54) is 18.6 Å². The molecule has 2 N–H and O–H groups in total. The molecule has 1 amide bonds. The first-order valence-corrected chi connectivity index (χ1v) is 11.6. The van der Waals surface area contributed by atoms with Gasteiger partial charge in [0.2, 0.25) is 0 Å². The van der Waals surface area contributed by atoms with Gasteiger partial charge in [-0.1, -0.05) is 30.2 Å². The summed E-state index contributed by atoms with van der Waals surface area (Å²) in [5.41, 5.74) is 7.84. The standard InChI is InChI=1S/C25H25ClFN5O/c26-19-6-10-21(11-7-19)32-24-18(14-17-4-8-20(27)9-5-17)15-28-16-22(24)23(29-32)25(33)30-31-12-2-1-3-13-31/h4-11,14,28H,1-3,12-13,15-16H2,(H,30,33). The zero-order chi connectivity index (χ0) is 22.8. The van der Waals surface area contributed by atoms with E-state index in [1.807, 2.05) is 40.0 Å². The molecule has 5 rings (SSSR count). The van der Waals surface area contributed by atoms with E-state index in [0.29, 0.717) is 23.8 Å². The van der Waals surface area contributed by atoms with E-state index in [4.69, 9.17) is 16.7 Å². The van der Waals surface area contributed by atoms with E-state index >= 15 is 0 Å². The maximum Gasteiger partial charge on any atom is 0.286 e. The first-order chi connectivity index (χ1) is 16.1. The van der Waals surface area contributed by atoms with Gasteiger partial charge in [0.15, 0.2) is 5.69 Å². The number of carbonyl (C=O) groups excluding carboxylic acids is 1. The summed E-state index contributed by atoms with van der Waals surface area (Å²) in [6.45, 7) is 2.84. The Morgan fingerprint density at radius 2 is 1.76 bits per heavy atom. The number of rotatable bonds is 4. The second kappa shape index (κ2) is 9.47. The highest BCUT2D eigenvalue weighted by Gasteiger charge is 2.29. The first-order valence-electron chi connectivity index (χ1n) is 11.2. The normalized spacial score (nSPS) is 17.7. The number of hydrogen-bond acceptors (Lipinski definition) is 4. The Bertz CT molecular complexity index is 1180. The lowest BCUT2D eigenvalue weighted by molar-refractivity contribution is 0.0743. The van der Waals surface area contributed by atoms with E-state index in [-0.39, 0.29) is 11.7 Å². The quantitative estimate of drug-likeness (QED) is 0.598. The summed E-state index contributed by atoms with van der Waals surface area (Å²) in [5.74, 6) is -0.479. The molecule has 1 aromatic heterocycles. The average Bonchev–Trinajstić information content (AvgIpc) is 3.23. The average molecular weight is 466 g/mol. The molecule has 8 heteroatoms. The van der Waals surface area contributed by atoms with E-state index in [9.17, 15) is 9.18 Å². The molecule has 170 valence electrons. The second-order valence-corrected chi connectivity index (χ2v) is 8.81. The third kappa shape index (κ3) is 4.71. The summed E-state index contributed by atoms with van der Waals surface area (Å²) in [7, 11) is 0. The molecule has 0 aliphatic carbocycles. The molecule has 2 aliphatic heterocycles. The maximum atomic E-state index is 13.4. The fourth-order valence-corrected chi connectivity index (χ4v) is 4.51. The summed E-state index contributed by atoms with van der Waals surface area (Å²) in [5, 5.41) is 10.8. The Labute approximate surface area is 197 Å². The van der Waals surface area contributed by atoms with Gasteiger partial charge in [-0.2, -0.15) is 5.10 Å². The van der Waals surface area contributed by atoms with Gasteiger partial charge in [0, 0.05) is 36.8 Å². The van der Waals surface area contributed by atoms with Gasteiger partial charge in [-0.15, -0.1) is 0 Å². The SMILES string of the molecule is O=C(NN1CCCCC1)c1nn(-c2ccc(Cl)cc2)c2c1CNCC2=Cc1ccc(F)cc1. The highest BCUT2D eigenvalue weighted by atomic mass is 35.5. The Hall–Kier alpha value is -3.00. The van der Waals surface area contributed by atoms with Gasteiger partial charge >= 0.3 is 0 Å². The molecule has 0 unspecified atom stereocenters. The van der Waals surface area contributed by atoms with Gasteiger partial charge in [0.05, 0.1) is 11.4 Å². The zero-order valence-corrected chi connectivity index (χ0v) is 18.9. The lowest BCUT2D eigenvalue weighted by atomic mass is 9.99. The number of aromatic nitrogens is 2. The predicted octanol–water partition coefficient (Wildman–Crippen LogP) is 4.44. The van der Waals surface area contributed by atoms with Crippen molar-refractivity contribution in [2.45, 2.75) is 25.8 Å². The van der Waals surface area contributed by atoms with E-state index in [1.54, 1.807) is 12.1 Å². The van der Waals surface area contributed by atoms with Crippen LogP contribution in [0.5, 0.6) is 0 Å².